The van der Waals surface area contributed by atoms with Crippen molar-refractivity contribution in [3.8, 4) is 0 Å². The van der Waals surface area contributed by atoms with Gasteiger partial charge in [-0.15, -0.1) is 0 Å². The molecule has 2 amide bonds. The molecule has 0 fully saturated rings. The van der Waals surface area contributed by atoms with Crippen molar-refractivity contribution in [3.63, 3.8) is 0 Å². The Hall–Kier alpha value is -3.15. The van der Waals surface area contributed by atoms with Crippen LogP contribution >= 0.6 is 0 Å². The topological polar surface area (TPSA) is 101 Å². The Balaban J connectivity index is 1.77. The van der Waals surface area contributed by atoms with Crippen LogP contribution in [0.5, 0.6) is 0 Å². The van der Waals surface area contributed by atoms with Gasteiger partial charge in [0.05, 0.1) is 28.7 Å². The van der Waals surface area contributed by atoms with Gasteiger partial charge < -0.3 is 16.0 Å². The van der Waals surface area contributed by atoms with E-state index in [9.17, 15) is 9.59 Å². The van der Waals surface area contributed by atoms with Gasteiger partial charge in [-0.1, -0.05) is 32.0 Å². The molecule has 2 aromatic carbocycles. The Morgan fingerprint density at radius 2 is 1.96 bits per heavy atom. The number of aromatic amines is 1. The number of nitrogens with two attached hydrogens (primary N) is 1. The van der Waals surface area contributed by atoms with Gasteiger partial charge in [-0.2, -0.15) is 0 Å². The second-order valence-electron chi connectivity index (χ2n) is 6.26. The van der Waals surface area contributed by atoms with E-state index in [-0.39, 0.29) is 12.3 Å². The summed E-state index contributed by atoms with van der Waals surface area (Å²) >= 11 is 0. The quantitative estimate of drug-likeness (QED) is 0.667. The van der Waals surface area contributed by atoms with Crippen LogP contribution in [-0.2, 0) is 11.2 Å². The molecule has 0 aliphatic heterocycles. The molecule has 6 heteroatoms. The SMILES string of the molecule is CC(C)c1nc2ccc(CC(=O)Nc3ccccc3C(N)=O)cc2[nH]1. The number of rotatable bonds is 5. The summed E-state index contributed by atoms with van der Waals surface area (Å²) in [6.07, 6.45) is 0.194. The molecular weight excluding hydrogens is 316 g/mol. The minimum Gasteiger partial charge on any atom is -0.366 e. The van der Waals surface area contributed by atoms with E-state index < -0.39 is 5.91 Å². The first-order valence-electron chi connectivity index (χ1n) is 8.11. The fourth-order valence-corrected chi connectivity index (χ4v) is 2.65. The van der Waals surface area contributed by atoms with E-state index in [0.29, 0.717) is 17.2 Å². The molecular formula is C19H20N4O2. The lowest BCUT2D eigenvalue weighted by molar-refractivity contribution is -0.115. The zero-order valence-electron chi connectivity index (χ0n) is 14.2. The molecule has 3 rings (SSSR count). The molecule has 1 aromatic heterocycles. The number of amides is 2. The lowest BCUT2D eigenvalue weighted by Crippen LogP contribution is -2.19. The summed E-state index contributed by atoms with van der Waals surface area (Å²) in [5.41, 5.74) is 8.70. The van der Waals surface area contributed by atoms with Gasteiger partial charge >= 0.3 is 0 Å². The van der Waals surface area contributed by atoms with Crippen molar-refractivity contribution in [3.05, 3.63) is 59.4 Å². The Morgan fingerprint density at radius 1 is 1.20 bits per heavy atom. The molecule has 3 aromatic rings. The molecule has 4 N–H and O–H groups in total. The minimum absolute atomic E-state index is 0.194. The van der Waals surface area contributed by atoms with E-state index in [1.165, 1.54) is 0 Å². The Labute approximate surface area is 145 Å². The molecule has 0 spiro atoms. The van der Waals surface area contributed by atoms with Gasteiger partial charge in [-0.3, -0.25) is 9.59 Å². The number of nitrogens with zero attached hydrogens (tertiary/aromatic N) is 1. The number of para-hydroxylation sites is 1. The first kappa shape index (κ1) is 16.7. The normalized spacial score (nSPS) is 11.0. The maximum absolute atomic E-state index is 12.3. The van der Waals surface area contributed by atoms with E-state index in [4.69, 9.17) is 5.73 Å². The molecule has 0 bridgehead atoms. The third-order valence-electron chi connectivity index (χ3n) is 3.94. The summed E-state index contributed by atoms with van der Waals surface area (Å²) in [5.74, 6) is 0.448. The average Bonchev–Trinajstić information content (AvgIpc) is 2.98. The molecule has 6 nitrogen and oxygen atoms in total. The number of hydrogen-bond acceptors (Lipinski definition) is 3. The number of carbonyl (C=O) groups excluding carboxylic acids is 2. The fraction of sp³-hybridized carbons (Fsp3) is 0.211. The number of fused-ring (bicyclic) bond motifs is 1. The van der Waals surface area contributed by atoms with Gasteiger partial charge in [-0.05, 0) is 29.8 Å². The summed E-state index contributed by atoms with van der Waals surface area (Å²) in [4.78, 5) is 31.5. The molecule has 1 heterocycles. The number of nitrogens with one attached hydrogen (secondary N) is 2. The maximum atomic E-state index is 12.3. The van der Waals surface area contributed by atoms with Gasteiger partial charge in [0.1, 0.15) is 5.82 Å². The smallest absolute Gasteiger partial charge is 0.250 e. The van der Waals surface area contributed by atoms with Crippen LogP contribution < -0.4 is 11.1 Å². The van der Waals surface area contributed by atoms with Crippen molar-refractivity contribution >= 4 is 28.5 Å². The summed E-state index contributed by atoms with van der Waals surface area (Å²) in [7, 11) is 0. The number of hydrogen-bond donors (Lipinski definition) is 3. The highest BCUT2D eigenvalue weighted by Gasteiger charge is 2.12. The predicted octanol–water partition coefficient (Wildman–Crippen LogP) is 2.97. The van der Waals surface area contributed by atoms with Crippen LogP contribution in [0.3, 0.4) is 0 Å². The van der Waals surface area contributed by atoms with E-state index >= 15 is 0 Å². The maximum Gasteiger partial charge on any atom is 0.250 e. The van der Waals surface area contributed by atoms with Crippen molar-refractivity contribution in [2.75, 3.05) is 5.32 Å². The van der Waals surface area contributed by atoms with Gasteiger partial charge in [0.15, 0.2) is 0 Å². The molecule has 0 aliphatic rings. The van der Waals surface area contributed by atoms with Crippen LogP contribution in [0.1, 0.15) is 41.5 Å². The number of carbonyl (C=O) groups is 2. The average molecular weight is 336 g/mol. The summed E-state index contributed by atoms with van der Waals surface area (Å²) in [6.45, 7) is 4.14. The van der Waals surface area contributed by atoms with Crippen LogP contribution in [0.15, 0.2) is 42.5 Å². The highest BCUT2D eigenvalue weighted by atomic mass is 16.2. The van der Waals surface area contributed by atoms with E-state index in [1.807, 2.05) is 18.2 Å². The number of benzene rings is 2. The van der Waals surface area contributed by atoms with Crippen LogP contribution in [-0.4, -0.2) is 21.8 Å². The van der Waals surface area contributed by atoms with Gasteiger partial charge in [0, 0.05) is 5.92 Å². The molecule has 0 atom stereocenters. The van der Waals surface area contributed by atoms with Crippen LogP contribution in [0.2, 0.25) is 0 Å². The van der Waals surface area contributed by atoms with E-state index in [1.54, 1.807) is 24.3 Å². The molecule has 0 aliphatic carbocycles. The Kier molecular flexibility index (Phi) is 4.52. The van der Waals surface area contributed by atoms with Gasteiger partial charge in [0.25, 0.3) is 5.91 Å². The summed E-state index contributed by atoms with van der Waals surface area (Å²) < 4.78 is 0. The number of imidazole rings is 1. The second-order valence-corrected chi connectivity index (χ2v) is 6.26. The Morgan fingerprint density at radius 3 is 2.68 bits per heavy atom. The monoisotopic (exact) mass is 336 g/mol. The molecule has 0 radical (unpaired) electrons. The number of H-pyrrole nitrogens is 1. The van der Waals surface area contributed by atoms with E-state index in [2.05, 4.69) is 29.1 Å². The number of anilines is 1. The van der Waals surface area contributed by atoms with Crippen molar-refractivity contribution in [1.29, 1.82) is 0 Å². The van der Waals surface area contributed by atoms with Crippen molar-refractivity contribution in [2.45, 2.75) is 26.2 Å². The van der Waals surface area contributed by atoms with Gasteiger partial charge in [0.2, 0.25) is 5.91 Å². The largest absolute Gasteiger partial charge is 0.366 e. The lowest BCUT2D eigenvalue weighted by atomic mass is 10.1. The zero-order chi connectivity index (χ0) is 18.0. The minimum atomic E-state index is -0.573. The summed E-state index contributed by atoms with van der Waals surface area (Å²) in [6, 6.07) is 12.4. The Bertz CT molecular complexity index is 944. The number of primary amides is 1. The third-order valence-corrected chi connectivity index (χ3v) is 3.94. The standard InChI is InChI=1S/C19H20N4O2/c1-11(2)19-22-15-8-7-12(9-16(15)23-19)10-17(24)21-14-6-4-3-5-13(14)18(20)25/h3-9,11H,10H2,1-2H3,(H2,20,25)(H,21,24)(H,22,23). The first-order valence-corrected chi connectivity index (χ1v) is 8.11. The van der Waals surface area contributed by atoms with Gasteiger partial charge in [-0.25, -0.2) is 4.98 Å². The predicted molar refractivity (Wildman–Crippen MR) is 97.5 cm³/mol. The van der Waals surface area contributed by atoms with Crippen molar-refractivity contribution in [2.24, 2.45) is 5.73 Å². The molecule has 0 saturated carbocycles. The summed E-state index contributed by atoms with van der Waals surface area (Å²) in [5, 5.41) is 2.75. The molecule has 0 unspecified atom stereocenters. The fourth-order valence-electron chi connectivity index (χ4n) is 2.65. The molecule has 128 valence electrons. The highest BCUT2D eigenvalue weighted by Crippen LogP contribution is 2.19. The van der Waals surface area contributed by atoms with Crippen molar-refractivity contribution in [1.82, 2.24) is 9.97 Å². The second kappa shape index (κ2) is 6.76. The van der Waals surface area contributed by atoms with E-state index in [0.717, 1.165) is 22.4 Å². The highest BCUT2D eigenvalue weighted by molar-refractivity contribution is 6.03. The van der Waals surface area contributed by atoms with Crippen molar-refractivity contribution < 1.29 is 9.59 Å². The first-order chi connectivity index (χ1) is 11.9. The lowest BCUT2D eigenvalue weighted by Gasteiger charge is -2.08. The number of aromatic nitrogens is 2. The van der Waals surface area contributed by atoms with Crippen LogP contribution in [0.4, 0.5) is 5.69 Å². The molecule has 0 saturated heterocycles. The van der Waals surface area contributed by atoms with Crippen LogP contribution in [0, 0.1) is 0 Å². The molecule has 25 heavy (non-hydrogen) atoms. The van der Waals surface area contributed by atoms with Crippen LogP contribution in [0.25, 0.3) is 11.0 Å². The zero-order valence-corrected chi connectivity index (χ0v) is 14.2. The third kappa shape index (κ3) is 3.68.